The van der Waals surface area contributed by atoms with Crippen molar-refractivity contribution in [3.8, 4) is 0 Å². The molecule has 3 heterocycles. The lowest BCUT2D eigenvalue weighted by Crippen LogP contribution is -2.16. The molecule has 0 unspecified atom stereocenters. The first-order chi connectivity index (χ1) is 9.74. The summed E-state index contributed by atoms with van der Waals surface area (Å²) >= 11 is 1.54. The number of amides is 1. The molecule has 0 saturated carbocycles. The summed E-state index contributed by atoms with van der Waals surface area (Å²) in [5.41, 5.74) is 0.738. The van der Waals surface area contributed by atoms with Crippen molar-refractivity contribution >= 4 is 28.2 Å². The van der Waals surface area contributed by atoms with Gasteiger partial charge in [-0.25, -0.2) is 9.97 Å². The molecule has 7 nitrogen and oxygen atoms in total. The summed E-state index contributed by atoms with van der Waals surface area (Å²) in [5.74, 6) is 0.175. The van der Waals surface area contributed by atoms with Crippen molar-refractivity contribution in [1.82, 2.24) is 24.1 Å². The van der Waals surface area contributed by atoms with Gasteiger partial charge in [-0.05, 0) is 6.42 Å². The summed E-state index contributed by atoms with van der Waals surface area (Å²) < 4.78 is 3.61. The maximum atomic E-state index is 11.9. The number of nitrogens with one attached hydrogen (secondary N) is 1. The van der Waals surface area contributed by atoms with Crippen molar-refractivity contribution in [2.75, 3.05) is 5.32 Å². The molecule has 20 heavy (non-hydrogen) atoms. The summed E-state index contributed by atoms with van der Waals surface area (Å²) in [5, 5.41) is 8.80. The number of carbonyl (C=O) groups is 1. The predicted molar refractivity (Wildman–Crippen MR) is 75.7 cm³/mol. The second kappa shape index (κ2) is 5.41. The average molecular weight is 290 g/mol. The van der Waals surface area contributed by atoms with Crippen LogP contribution in [0, 0.1) is 0 Å². The monoisotopic (exact) mass is 290 g/mol. The molecule has 3 rings (SSSR count). The van der Waals surface area contributed by atoms with Gasteiger partial charge in [0.2, 0.25) is 11.9 Å². The number of aryl methyl sites for hydroxylation is 1. The van der Waals surface area contributed by atoms with Gasteiger partial charge in [0, 0.05) is 24.3 Å². The number of anilines is 1. The molecule has 0 fully saturated rings. The second-order valence-electron chi connectivity index (χ2n) is 4.38. The van der Waals surface area contributed by atoms with Gasteiger partial charge in [-0.3, -0.25) is 19.2 Å². The largest absolute Gasteiger partial charge is 0.297 e. The first-order valence-electron chi connectivity index (χ1n) is 6.35. The Morgan fingerprint density at radius 1 is 1.50 bits per heavy atom. The number of imidazole rings is 1. The van der Waals surface area contributed by atoms with Gasteiger partial charge in [0.25, 0.3) is 0 Å². The molecule has 1 amide bonds. The van der Waals surface area contributed by atoms with Crippen LogP contribution in [0.5, 0.6) is 0 Å². The fourth-order valence-electron chi connectivity index (χ4n) is 1.88. The van der Waals surface area contributed by atoms with Gasteiger partial charge in [0.15, 0.2) is 4.96 Å². The number of carbonyl (C=O) groups excluding carboxylic acids is 1. The van der Waals surface area contributed by atoms with E-state index >= 15 is 0 Å². The highest BCUT2D eigenvalue weighted by Gasteiger charge is 2.10. The molecule has 0 aromatic carbocycles. The highest BCUT2D eigenvalue weighted by molar-refractivity contribution is 7.15. The first kappa shape index (κ1) is 12.8. The topological polar surface area (TPSA) is 77.1 Å². The van der Waals surface area contributed by atoms with Gasteiger partial charge in [0.05, 0.1) is 12.1 Å². The van der Waals surface area contributed by atoms with E-state index in [0.29, 0.717) is 5.95 Å². The maximum absolute atomic E-state index is 11.9. The molecular formula is C12H14N6OS. The van der Waals surface area contributed by atoms with Crippen molar-refractivity contribution in [3.63, 3.8) is 0 Å². The molecule has 8 heteroatoms. The van der Waals surface area contributed by atoms with Crippen LogP contribution < -0.4 is 5.32 Å². The number of rotatable bonds is 5. The number of aromatic nitrogens is 5. The van der Waals surface area contributed by atoms with Crippen LogP contribution in [0.2, 0.25) is 0 Å². The first-order valence-corrected chi connectivity index (χ1v) is 7.23. The number of thiazole rings is 1. The summed E-state index contributed by atoms with van der Waals surface area (Å²) in [6.07, 6.45) is 6.58. The molecule has 0 atom stereocenters. The van der Waals surface area contributed by atoms with Crippen LogP contribution in [0.15, 0.2) is 24.1 Å². The summed E-state index contributed by atoms with van der Waals surface area (Å²) in [7, 11) is 0. The normalized spacial score (nSPS) is 11.1. The quantitative estimate of drug-likeness (QED) is 0.774. The van der Waals surface area contributed by atoms with E-state index in [1.165, 1.54) is 0 Å². The Bertz CT molecular complexity index is 699. The Balaban J connectivity index is 1.62. The Labute approximate surface area is 119 Å². The van der Waals surface area contributed by atoms with Crippen molar-refractivity contribution in [2.45, 2.75) is 26.3 Å². The molecule has 3 aromatic rings. The van der Waals surface area contributed by atoms with Crippen LogP contribution in [0.25, 0.3) is 4.96 Å². The minimum absolute atomic E-state index is 0.162. The van der Waals surface area contributed by atoms with Gasteiger partial charge in [-0.2, -0.15) is 0 Å². The molecule has 1 N–H and O–H groups in total. The Morgan fingerprint density at radius 3 is 3.20 bits per heavy atom. The lowest BCUT2D eigenvalue weighted by Gasteiger charge is -1.98. The predicted octanol–water partition coefficient (Wildman–Crippen LogP) is 1.58. The van der Waals surface area contributed by atoms with E-state index in [2.05, 4.69) is 27.3 Å². The van der Waals surface area contributed by atoms with E-state index in [9.17, 15) is 4.79 Å². The van der Waals surface area contributed by atoms with Gasteiger partial charge in [0.1, 0.15) is 6.33 Å². The maximum Gasteiger partial charge on any atom is 0.248 e. The highest BCUT2D eigenvalue weighted by Crippen LogP contribution is 2.12. The van der Waals surface area contributed by atoms with Crippen molar-refractivity contribution in [3.05, 3.63) is 29.8 Å². The van der Waals surface area contributed by atoms with Crippen LogP contribution in [0.3, 0.4) is 0 Å². The SMILES string of the molecule is CCCn1cnc(NC(=O)Cc2cn3ccsc3n2)n1. The minimum Gasteiger partial charge on any atom is -0.297 e. The third kappa shape index (κ3) is 2.69. The fourth-order valence-corrected chi connectivity index (χ4v) is 2.60. The van der Waals surface area contributed by atoms with E-state index in [1.807, 2.05) is 22.2 Å². The van der Waals surface area contributed by atoms with E-state index in [0.717, 1.165) is 23.6 Å². The van der Waals surface area contributed by atoms with Crippen molar-refractivity contribution in [1.29, 1.82) is 0 Å². The van der Waals surface area contributed by atoms with Gasteiger partial charge in [-0.15, -0.1) is 16.4 Å². The number of fused-ring (bicyclic) bond motifs is 1. The number of hydrogen-bond donors (Lipinski definition) is 1. The zero-order valence-corrected chi connectivity index (χ0v) is 11.8. The third-order valence-corrected chi connectivity index (χ3v) is 3.50. The zero-order chi connectivity index (χ0) is 13.9. The van der Waals surface area contributed by atoms with Gasteiger partial charge in [-0.1, -0.05) is 6.92 Å². The number of hydrogen-bond acceptors (Lipinski definition) is 5. The van der Waals surface area contributed by atoms with Crippen LogP contribution in [-0.4, -0.2) is 30.1 Å². The molecule has 0 radical (unpaired) electrons. The Kier molecular flexibility index (Phi) is 3.46. The van der Waals surface area contributed by atoms with Crippen LogP contribution >= 0.6 is 11.3 Å². The fraction of sp³-hybridized carbons (Fsp3) is 0.333. The highest BCUT2D eigenvalue weighted by atomic mass is 32.1. The third-order valence-electron chi connectivity index (χ3n) is 2.73. The Morgan fingerprint density at radius 2 is 2.40 bits per heavy atom. The van der Waals surface area contributed by atoms with E-state index in [-0.39, 0.29) is 12.3 Å². The zero-order valence-electron chi connectivity index (χ0n) is 11.0. The molecule has 0 aliphatic heterocycles. The smallest absolute Gasteiger partial charge is 0.248 e. The molecule has 3 aromatic heterocycles. The van der Waals surface area contributed by atoms with Crippen LogP contribution in [-0.2, 0) is 17.8 Å². The van der Waals surface area contributed by atoms with Crippen LogP contribution in [0.4, 0.5) is 5.95 Å². The second-order valence-corrected chi connectivity index (χ2v) is 5.25. The average Bonchev–Trinajstić information content (AvgIpc) is 3.05. The Hall–Kier alpha value is -2.22. The van der Waals surface area contributed by atoms with Crippen LogP contribution in [0.1, 0.15) is 19.0 Å². The van der Waals surface area contributed by atoms with E-state index < -0.39 is 0 Å². The van der Waals surface area contributed by atoms with E-state index in [4.69, 9.17) is 0 Å². The molecule has 0 spiro atoms. The molecule has 0 bridgehead atoms. The summed E-state index contributed by atoms with van der Waals surface area (Å²) in [6, 6.07) is 0. The standard InChI is InChI=1S/C12H14N6OS/c1-2-3-18-8-13-11(16-18)15-10(19)6-9-7-17-4-5-20-12(17)14-9/h4-5,7-8H,2-3,6H2,1H3,(H,15,16,19). The molecular weight excluding hydrogens is 276 g/mol. The molecule has 104 valence electrons. The van der Waals surface area contributed by atoms with Gasteiger partial charge < -0.3 is 0 Å². The minimum atomic E-state index is -0.162. The van der Waals surface area contributed by atoms with Gasteiger partial charge >= 0.3 is 0 Å². The summed E-state index contributed by atoms with van der Waals surface area (Å²) in [4.78, 5) is 21.2. The molecule has 0 aliphatic rings. The van der Waals surface area contributed by atoms with Crippen molar-refractivity contribution in [2.24, 2.45) is 0 Å². The lowest BCUT2D eigenvalue weighted by molar-refractivity contribution is -0.115. The molecule has 0 aliphatic carbocycles. The summed E-state index contributed by atoms with van der Waals surface area (Å²) in [6.45, 7) is 2.85. The molecule has 0 saturated heterocycles. The number of nitrogens with zero attached hydrogens (tertiary/aromatic N) is 5. The lowest BCUT2D eigenvalue weighted by atomic mass is 10.3. The van der Waals surface area contributed by atoms with E-state index in [1.54, 1.807) is 22.3 Å². The van der Waals surface area contributed by atoms with Crippen molar-refractivity contribution < 1.29 is 4.79 Å².